The predicted molar refractivity (Wildman–Crippen MR) is 80.9 cm³/mol. The Morgan fingerprint density at radius 3 is 3.05 bits per heavy atom. The maximum atomic E-state index is 5.65. The van der Waals surface area contributed by atoms with E-state index in [2.05, 4.69) is 16.0 Å². The van der Waals surface area contributed by atoms with Crippen LogP contribution in [0.2, 0.25) is 0 Å². The first-order valence-electron chi connectivity index (χ1n) is 7.23. The second-order valence-corrected chi connectivity index (χ2v) is 6.22. The predicted octanol–water partition coefficient (Wildman–Crippen LogP) is 2.48. The van der Waals surface area contributed by atoms with Crippen LogP contribution in [-0.4, -0.2) is 27.5 Å². The summed E-state index contributed by atoms with van der Waals surface area (Å²) >= 11 is 5.00. The van der Waals surface area contributed by atoms with Crippen LogP contribution in [0, 0.1) is 5.92 Å². The molecular formula is C15H21N3S. The smallest absolute Gasteiger partial charge is 0.122 e. The highest BCUT2D eigenvalue weighted by molar-refractivity contribution is 7.80. The Morgan fingerprint density at radius 2 is 2.21 bits per heavy atom. The highest BCUT2D eigenvalue weighted by Crippen LogP contribution is 2.36. The largest absolute Gasteiger partial charge is 0.388 e. The van der Waals surface area contributed by atoms with Gasteiger partial charge in [-0.1, -0.05) is 25.1 Å². The average molecular weight is 275 g/mol. The number of thiocarbonyl (C=S) groups is 1. The van der Waals surface area contributed by atoms with Crippen molar-refractivity contribution in [3.05, 3.63) is 29.6 Å². The molecule has 1 aromatic rings. The molecule has 2 atom stereocenters. The zero-order valence-electron chi connectivity index (χ0n) is 11.2. The van der Waals surface area contributed by atoms with Gasteiger partial charge < -0.3 is 5.73 Å². The second-order valence-electron chi connectivity index (χ2n) is 5.78. The van der Waals surface area contributed by atoms with Crippen molar-refractivity contribution in [1.82, 2.24) is 9.88 Å². The van der Waals surface area contributed by atoms with Crippen LogP contribution in [-0.2, 0) is 6.54 Å². The van der Waals surface area contributed by atoms with Crippen molar-refractivity contribution in [1.29, 1.82) is 0 Å². The lowest BCUT2D eigenvalue weighted by Gasteiger charge is -2.31. The Kier molecular flexibility index (Phi) is 3.80. The van der Waals surface area contributed by atoms with Crippen molar-refractivity contribution < 1.29 is 0 Å². The summed E-state index contributed by atoms with van der Waals surface area (Å²) in [6.07, 6.45) is 8.81. The van der Waals surface area contributed by atoms with Gasteiger partial charge in [-0.2, -0.15) is 0 Å². The van der Waals surface area contributed by atoms with Gasteiger partial charge in [-0.05, 0) is 49.4 Å². The Balaban J connectivity index is 1.71. The van der Waals surface area contributed by atoms with Crippen LogP contribution in [0.3, 0.4) is 0 Å². The summed E-state index contributed by atoms with van der Waals surface area (Å²) in [4.78, 5) is 7.24. The molecule has 19 heavy (non-hydrogen) atoms. The minimum Gasteiger partial charge on any atom is -0.388 e. The van der Waals surface area contributed by atoms with Gasteiger partial charge in [0.25, 0.3) is 0 Å². The molecule has 2 unspecified atom stereocenters. The molecule has 0 amide bonds. The maximum absolute atomic E-state index is 5.65. The quantitative estimate of drug-likeness (QED) is 0.861. The Hall–Kier alpha value is -1.00. The summed E-state index contributed by atoms with van der Waals surface area (Å²) in [5, 5.41) is 0. The first-order valence-corrected chi connectivity index (χ1v) is 7.63. The van der Waals surface area contributed by atoms with Crippen LogP contribution in [0.5, 0.6) is 0 Å². The van der Waals surface area contributed by atoms with Gasteiger partial charge in [0.2, 0.25) is 0 Å². The third-order valence-corrected chi connectivity index (χ3v) is 4.80. The first-order chi connectivity index (χ1) is 9.24. The van der Waals surface area contributed by atoms with Crippen molar-refractivity contribution >= 4 is 17.2 Å². The highest BCUT2D eigenvalue weighted by atomic mass is 32.1. The van der Waals surface area contributed by atoms with E-state index in [-0.39, 0.29) is 0 Å². The average Bonchev–Trinajstić information content (AvgIpc) is 2.83. The molecule has 4 heteroatoms. The molecule has 0 radical (unpaired) electrons. The summed E-state index contributed by atoms with van der Waals surface area (Å²) < 4.78 is 0. The van der Waals surface area contributed by atoms with Crippen LogP contribution in [0.15, 0.2) is 18.3 Å². The molecule has 1 aromatic heterocycles. The molecule has 1 aliphatic heterocycles. The lowest BCUT2D eigenvalue weighted by molar-refractivity contribution is 0.176. The van der Waals surface area contributed by atoms with Gasteiger partial charge in [0.05, 0.1) is 5.69 Å². The maximum Gasteiger partial charge on any atom is 0.122 e. The third-order valence-electron chi connectivity index (χ3n) is 4.59. The third kappa shape index (κ3) is 2.79. The number of fused-ring (bicyclic) bond motifs is 1. The Bertz CT molecular complexity index is 474. The Labute approximate surface area is 120 Å². The fourth-order valence-corrected chi connectivity index (χ4v) is 3.75. The minimum absolute atomic E-state index is 0.388. The van der Waals surface area contributed by atoms with E-state index in [9.17, 15) is 0 Å². The number of hydrogen-bond donors (Lipinski definition) is 1. The van der Waals surface area contributed by atoms with E-state index < -0.39 is 0 Å². The van der Waals surface area contributed by atoms with Crippen LogP contribution >= 0.6 is 12.2 Å². The molecule has 3 rings (SSSR count). The van der Waals surface area contributed by atoms with E-state index in [1.54, 1.807) is 0 Å². The normalized spacial score (nSPS) is 27.2. The van der Waals surface area contributed by atoms with Crippen molar-refractivity contribution in [2.45, 2.75) is 44.7 Å². The lowest BCUT2D eigenvalue weighted by Crippen LogP contribution is -2.34. The molecule has 2 aliphatic rings. The number of rotatable bonds is 3. The number of hydrogen-bond acceptors (Lipinski definition) is 3. The van der Waals surface area contributed by atoms with Gasteiger partial charge in [-0.25, -0.2) is 0 Å². The number of likely N-dealkylation sites (tertiary alicyclic amines) is 1. The molecule has 2 N–H and O–H groups in total. The molecule has 102 valence electrons. The minimum atomic E-state index is 0.388. The highest BCUT2D eigenvalue weighted by Gasteiger charge is 2.35. The number of nitrogens with two attached hydrogens (primary N) is 1. The number of nitrogens with zero attached hydrogens (tertiary/aromatic N) is 2. The van der Waals surface area contributed by atoms with E-state index >= 15 is 0 Å². The van der Waals surface area contributed by atoms with Crippen LogP contribution in [0.25, 0.3) is 0 Å². The van der Waals surface area contributed by atoms with Gasteiger partial charge >= 0.3 is 0 Å². The molecule has 3 nitrogen and oxygen atoms in total. The summed E-state index contributed by atoms with van der Waals surface area (Å²) in [5.41, 5.74) is 7.68. The molecule has 0 spiro atoms. The van der Waals surface area contributed by atoms with E-state index in [1.807, 2.05) is 12.3 Å². The molecule has 0 aromatic carbocycles. The Morgan fingerprint density at radius 1 is 1.37 bits per heavy atom. The summed E-state index contributed by atoms with van der Waals surface area (Å²) in [7, 11) is 0. The SMILES string of the molecule is NC(=S)c1cc(CN2CCC3CCCCC32)ccn1. The fourth-order valence-electron chi connectivity index (χ4n) is 3.64. The van der Waals surface area contributed by atoms with Crippen LogP contribution in [0.4, 0.5) is 0 Å². The van der Waals surface area contributed by atoms with Gasteiger partial charge in [0, 0.05) is 18.8 Å². The van der Waals surface area contributed by atoms with E-state index in [0.29, 0.717) is 4.99 Å². The van der Waals surface area contributed by atoms with Gasteiger partial charge in [0.1, 0.15) is 4.99 Å². The fraction of sp³-hybridized carbons (Fsp3) is 0.600. The van der Waals surface area contributed by atoms with Crippen LogP contribution in [0.1, 0.15) is 43.4 Å². The zero-order valence-corrected chi connectivity index (χ0v) is 12.0. The molecule has 1 aliphatic carbocycles. The molecule has 1 saturated heterocycles. The van der Waals surface area contributed by atoms with Gasteiger partial charge in [-0.15, -0.1) is 0 Å². The second kappa shape index (κ2) is 5.55. The first kappa shape index (κ1) is 13.0. The van der Waals surface area contributed by atoms with E-state index in [1.165, 1.54) is 44.2 Å². The molecule has 2 heterocycles. The zero-order chi connectivity index (χ0) is 13.2. The molecule has 0 bridgehead atoms. The van der Waals surface area contributed by atoms with Crippen molar-refractivity contribution in [3.8, 4) is 0 Å². The summed E-state index contributed by atoms with van der Waals surface area (Å²) in [5.74, 6) is 0.936. The van der Waals surface area contributed by atoms with Crippen molar-refractivity contribution in [3.63, 3.8) is 0 Å². The van der Waals surface area contributed by atoms with Crippen molar-refractivity contribution in [2.24, 2.45) is 11.7 Å². The standard InChI is InChI=1S/C15H21N3S/c16-15(19)13-9-11(5-7-17-13)10-18-8-6-12-3-1-2-4-14(12)18/h5,7,9,12,14H,1-4,6,8,10H2,(H2,16,19). The van der Waals surface area contributed by atoms with Crippen LogP contribution < -0.4 is 5.73 Å². The van der Waals surface area contributed by atoms with E-state index in [4.69, 9.17) is 18.0 Å². The number of aromatic nitrogens is 1. The lowest BCUT2D eigenvalue weighted by atomic mass is 9.85. The van der Waals surface area contributed by atoms with Gasteiger partial charge in [0.15, 0.2) is 0 Å². The molecule has 2 fully saturated rings. The molecular weight excluding hydrogens is 254 g/mol. The van der Waals surface area contributed by atoms with Gasteiger partial charge in [-0.3, -0.25) is 9.88 Å². The topological polar surface area (TPSA) is 42.1 Å². The van der Waals surface area contributed by atoms with E-state index in [0.717, 1.165) is 24.2 Å². The molecule has 1 saturated carbocycles. The van der Waals surface area contributed by atoms with Crippen molar-refractivity contribution in [2.75, 3.05) is 6.54 Å². The summed E-state index contributed by atoms with van der Waals surface area (Å²) in [6, 6.07) is 4.92. The summed E-state index contributed by atoms with van der Waals surface area (Å²) in [6.45, 7) is 2.25. The number of pyridine rings is 1. The monoisotopic (exact) mass is 275 g/mol.